The van der Waals surface area contributed by atoms with Gasteiger partial charge in [-0.3, -0.25) is 9.69 Å². The van der Waals surface area contributed by atoms with Crippen LogP contribution in [-0.2, 0) is 0 Å². The minimum atomic E-state index is -0.250. The maximum atomic E-state index is 11.4. The Kier molecular flexibility index (Phi) is 2.51. The van der Waals surface area contributed by atoms with E-state index in [1.807, 2.05) is 0 Å². The molecule has 0 radical (unpaired) electrons. The van der Waals surface area contributed by atoms with E-state index in [-0.39, 0.29) is 11.2 Å². The van der Waals surface area contributed by atoms with Crippen LogP contribution in [0.1, 0.15) is 12.8 Å². The molecule has 0 unspecified atom stereocenters. The van der Waals surface area contributed by atoms with Gasteiger partial charge in [0.1, 0.15) is 5.69 Å². The third-order valence-electron chi connectivity index (χ3n) is 3.55. The number of aromatic amines is 1. The van der Waals surface area contributed by atoms with E-state index in [2.05, 4.69) is 19.8 Å². The predicted molar refractivity (Wildman–Crippen MR) is 66.1 cm³/mol. The number of H-pyrrole nitrogens is 1. The fourth-order valence-electron chi connectivity index (χ4n) is 2.39. The number of piperazine rings is 1. The number of rotatable bonds is 2. The molecule has 1 aromatic heterocycles. The molecule has 2 fully saturated rings. The second-order valence-corrected chi connectivity index (χ2v) is 4.72. The summed E-state index contributed by atoms with van der Waals surface area (Å²) in [6, 6.07) is 0.807. The van der Waals surface area contributed by atoms with Crippen molar-refractivity contribution in [2.45, 2.75) is 18.9 Å². The van der Waals surface area contributed by atoms with E-state index in [0.29, 0.717) is 5.82 Å². The molecule has 0 bridgehead atoms. The Labute approximate surface area is 99.4 Å². The van der Waals surface area contributed by atoms with E-state index in [9.17, 15) is 4.79 Å². The molecule has 0 spiro atoms. The summed E-state index contributed by atoms with van der Waals surface area (Å²) in [5.41, 5.74) is 5.74. The first-order chi connectivity index (χ1) is 8.25. The molecule has 2 aliphatic rings. The minimum Gasteiger partial charge on any atom is -0.391 e. The van der Waals surface area contributed by atoms with Crippen LogP contribution < -0.4 is 16.2 Å². The van der Waals surface area contributed by atoms with Crippen molar-refractivity contribution in [2.24, 2.45) is 0 Å². The minimum absolute atomic E-state index is 0.229. The van der Waals surface area contributed by atoms with Gasteiger partial charge in [-0.05, 0) is 12.8 Å². The predicted octanol–water partition coefficient (Wildman–Crippen LogP) is -0.364. The Morgan fingerprint density at radius 3 is 2.65 bits per heavy atom. The molecule has 0 aromatic carbocycles. The van der Waals surface area contributed by atoms with Gasteiger partial charge in [0.05, 0.1) is 6.33 Å². The quantitative estimate of drug-likeness (QED) is 0.731. The molecule has 1 saturated carbocycles. The number of nitrogens with zero attached hydrogens (tertiary/aromatic N) is 3. The first-order valence-corrected chi connectivity index (χ1v) is 6.08. The van der Waals surface area contributed by atoms with Crippen LogP contribution >= 0.6 is 0 Å². The van der Waals surface area contributed by atoms with Crippen molar-refractivity contribution < 1.29 is 0 Å². The molecule has 1 aliphatic heterocycles. The summed E-state index contributed by atoms with van der Waals surface area (Å²) < 4.78 is 0. The number of nitrogen functional groups attached to an aromatic ring is 1. The zero-order valence-electron chi connectivity index (χ0n) is 9.72. The van der Waals surface area contributed by atoms with Gasteiger partial charge < -0.3 is 15.6 Å². The van der Waals surface area contributed by atoms with E-state index < -0.39 is 0 Å². The van der Waals surface area contributed by atoms with Crippen molar-refractivity contribution in [2.75, 3.05) is 36.8 Å². The number of aromatic nitrogens is 2. The van der Waals surface area contributed by atoms with E-state index in [1.165, 1.54) is 19.2 Å². The monoisotopic (exact) mass is 235 g/mol. The molecule has 17 heavy (non-hydrogen) atoms. The van der Waals surface area contributed by atoms with Crippen LogP contribution in [0.2, 0.25) is 0 Å². The second kappa shape index (κ2) is 4.03. The largest absolute Gasteiger partial charge is 0.391 e. The van der Waals surface area contributed by atoms with Crippen LogP contribution in [0.15, 0.2) is 11.1 Å². The molecular weight excluding hydrogens is 218 g/mol. The third-order valence-corrected chi connectivity index (χ3v) is 3.55. The normalized spacial score (nSPS) is 21.8. The first-order valence-electron chi connectivity index (χ1n) is 6.08. The molecule has 92 valence electrons. The lowest BCUT2D eigenvalue weighted by Gasteiger charge is -2.35. The molecule has 6 nitrogen and oxygen atoms in total. The smallest absolute Gasteiger partial charge is 0.276 e. The van der Waals surface area contributed by atoms with Crippen LogP contribution in [0.25, 0.3) is 0 Å². The Hall–Kier alpha value is -1.56. The standard InChI is InChI=1S/C11H17N5O/c12-9-10(13-7-14-11(9)17)16-5-3-15(4-6-16)8-1-2-8/h7-8H,1-6,12H2,(H,13,14,17). The lowest BCUT2D eigenvalue weighted by Crippen LogP contribution is -2.48. The first kappa shape index (κ1) is 10.6. The van der Waals surface area contributed by atoms with Crippen LogP contribution in [0, 0.1) is 0 Å². The highest BCUT2D eigenvalue weighted by Crippen LogP contribution is 2.28. The van der Waals surface area contributed by atoms with Crippen molar-refractivity contribution in [1.82, 2.24) is 14.9 Å². The van der Waals surface area contributed by atoms with Gasteiger partial charge in [-0.1, -0.05) is 0 Å². The van der Waals surface area contributed by atoms with Gasteiger partial charge in [0.25, 0.3) is 5.56 Å². The lowest BCUT2D eigenvalue weighted by molar-refractivity contribution is 0.247. The topological polar surface area (TPSA) is 78.2 Å². The van der Waals surface area contributed by atoms with Crippen LogP contribution in [-0.4, -0.2) is 47.1 Å². The van der Waals surface area contributed by atoms with Crippen molar-refractivity contribution >= 4 is 11.5 Å². The van der Waals surface area contributed by atoms with Gasteiger partial charge in [0.2, 0.25) is 0 Å². The van der Waals surface area contributed by atoms with Gasteiger partial charge in [-0.2, -0.15) is 0 Å². The summed E-state index contributed by atoms with van der Waals surface area (Å²) in [4.78, 5) is 22.7. The van der Waals surface area contributed by atoms with E-state index >= 15 is 0 Å². The number of anilines is 2. The summed E-state index contributed by atoms with van der Waals surface area (Å²) in [6.07, 6.45) is 4.10. The summed E-state index contributed by atoms with van der Waals surface area (Å²) in [5.74, 6) is 0.629. The fourth-order valence-corrected chi connectivity index (χ4v) is 2.39. The number of hydrogen-bond donors (Lipinski definition) is 2. The number of nitrogens with two attached hydrogens (primary N) is 1. The molecule has 3 N–H and O–H groups in total. The van der Waals surface area contributed by atoms with Gasteiger partial charge in [0.15, 0.2) is 5.82 Å². The molecule has 1 aliphatic carbocycles. The lowest BCUT2D eigenvalue weighted by atomic mass is 10.3. The molecule has 6 heteroatoms. The Balaban J connectivity index is 1.73. The molecule has 0 amide bonds. The van der Waals surface area contributed by atoms with Crippen molar-refractivity contribution in [3.63, 3.8) is 0 Å². The maximum Gasteiger partial charge on any atom is 0.276 e. The van der Waals surface area contributed by atoms with E-state index in [1.54, 1.807) is 0 Å². The Morgan fingerprint density at radius 1 is 1.29 bits per heavy atom. The van der Waals surface area contributed by atoms with Crippen molar-refractivity contribution in [1.29, 1.82) is 0 Å². The summed E-state index contributed by atoms with van der Waals surface area (Å²) in [6.45, 7) is 3.88. The third kappa shape index (κ3) is 2.00. The van der Waals surface area contributed by atoms with Crippen molar-refractivity contribution in [3.8, 4) is 0 Å². The van der Waals surface area contributed by atoms with E-state index in [0.717, 1.165) is 32.2 Å². The average Bonchev–Trinajstić information content (AvgIpc) is 3.17. The summed E-state index contributed by atoms with van der Waals surface area (Å²) in [7, 11) is 0. The number of nitrogens with one attached hydrogen (secondary N) is 1. The molecule has 1 saturated heterocycles. The number of hydrogen-bond acceptors (Lipinski definition) is 5. The van der Waals surface area contributed by atoms with E-state index in [4.69, 9.17) is 5.73 Å². The maximum absolute atomic E-state index is 11.4. The molecule has 2 heterocycles. The molecule has 1 aromatic rings. The van der Waals surface area contributed by atoms with Gasteiger partial charge >= 0.3 is 0 Å². The second-order valence-electron chi connectivity index (χ2n) is 4.72. The van der Waals surface area contributed by atoms with Crippen LogP contribution in [0.3, 0.4) is 0 Å². The highest BCUT2D eigenvalue weighted by Gasteiger charge is 2.31. The summed E-state index contributed by atoms with van der Waals surface area (Å²) >= 11 is 0. The van der Waals surface area contributed by atoms with Gasteiger partial charge in [-0.25, -0.2) is 4.98 Å². The Morgan fingerprint density at radius 2 is 2.00 bits per heavy atom. The zero-order chi connectivity index (χ0) is 11.8. The molecule has 3 rings (SSSR count). The molecular formula is C11H17N5O. The SMILES string of the molecule is Nc1c(N2CCN(C3CC3)CC2)nc[nH]c1=O. The van der Waals surface area contributed by atoms with Crippen molar-refractivity contribution in [3.05, 3.63) is 16.7 Å². The highest BCUT2D eigenvalue weighted by atomic mass is 16.1. The van der Waals surface area contributed by atoms with Crippen LogP contribution in [0.5, 0.6) is 0 Å². The highest BCUT2D eigenvalue weighted by molar-refractivity contribution is 5.61. The summed E-state index contributed by atoms with van der Waals surface area (Å²) in [5, 5.41) is 0. The zero-order valence-corrected chi connectivity index (χ0v) is 9.72. The van der Waals surface area contributed by atoms with Gasteiger partial charge in [-0.15, -0.1) is 0 Å². The van der Waals surface area contributed by atoms with Crippen LogP contribution in [0.4, 0.5) is 11.5 Å². The average molecular weight is 235 g/mol. The molecule has 0 atom stereocenters. The Bertz CT molecular complexity index is 459. The fraction of sp³-hybridized carbons (Fsp3) is 0.636. The van der Waals surface area contributed by atoms with Gasteiger partial charge in [0, 0.05) is 32.2 Å².